The van der Waals surface area contributed by atoms with Crippen molar-refractivity contribution < 1.29 is 9.90 Å². The molecule has 0 unspecified atom stereocenters. The van der Waals surface area contributed by atoms with Gasteiger partial charge in [-0.05, 0) is 5.56 Å². The smallest absolute Gasteiger partial charge is 0.256 e. The topological polar surface area (TPSA) is 58.4 Å². The van der Waals surface area contributed by atoms with Gasteiger partial charge in [-0.3, -0.25) is 4.79 Å². The third-order valence-electron chi connectivity index (χ3n) is 3.42. The summed E-state index contributed by atoms with van der Waals surface area (Å²) in [6.07, 6.45) is 2.44. The highest BCUT2D eigenvalue weighted by Gasteiger charge is 2.26. The van der Waals surface area contributed by atoms with Crippen molar-refractivity contribution in [2.75, 3.05) is 6.54 Å². The molecule has 1 aliphatic rings. The van der Waals surface area contributed by atoms with Crippen molar-refractivity contribution in [2.45, 2.75) is 19.2 Å². The lowest BCUT2D eigenvalue weighted by Gasteiger charge is -2.29. The number of aliphatic hydroxyl groups excluding tert-OH is 1. The minimum absolute atomic E-state index is 0.251. The van der Waals surface area contributed by atoms with Crippen LogP contribution in [0.4, 0.5) is 0 Å². The first-order valence-corrected chi connectivity index (χ1v) is 6.26. The summed E-state index contributed by atoms with van der Waals surface area (Å²) in [5, 5.41) is 10.1. The van der Waals surface area contributed by atoms with Gasteiger partial charge in [-0.1, -0.05) is 30.3 Å². The molecule has 0 radical (unpaired) electrons. The van der Waals surface area contributed by atoms with Crippen LogP contribution in [0.1, 0.15) is 17.4 Å². The average molecular weight is 257 g/mol. The molecule has 2 heterocycles. The van der Waals surface area contributed by atoms with Crippen molar-refractivity contribution in [3.8, 4) is 0 Å². The largest absolute Gasteiger partial charge is 0.378 e. The van der Waals surface area contributed by atoms with Crippen molar-refractivity contribution in [2.24, 2.45) is 0 Å². The molecule has 0 aliphatic carbocycles. The number of carbonyl (C=O) groups is 1. The number of fused-ring (bicyclic) bond motifs is 1. The summed E-state index contributed by atoms with van der Waals surface area (Å²) >= 11 is 0. The van der Waals surface area contributed by atoms with Gasteiger partial charge in [-0.15, -0.1) is 0 Å². The molecule has 19 heavy (non-hydrogen) atoms. The molecule has 1 aromatic carbocycles. The standard InChI is InChI=1S/C14H15N3O2/c18-13(11-4-2-1-3-5-11)14(19)16-6-7-17-10-15-8-12(17)9-16/h1-5,8,10,13,18H,6-7,9H2/t13-/m0/s1. The van der Waals surface area contributed by atoms with Crippen molar-refractivity contribution in [3.63, 3.8) is 0 Å². The van der Waals surface area contributed by atoms with Crippen LogP contribution in [0.25, 0.3) is 0 Å². The Balaban J connectivity index is 1.75. The fourth-order valence-electron chi connectivity index (χ4n) is 2.32. The summed E-state index contributed by atoms with van der Waals surface area (Å²) in [6.45, 7) is 1.83. The van der Waals surface area contributed by atoms with E-state index in [2.05, 4.69) is 4.98 Å². The molecule has 1 amide bonds. The Hall–Kier alpha value is -2.14. The lowest BCUT2D eigenvalue weighted by Crippen LogP contribution is -2.40. The van der Waals surface area contributed by atoms with Crippen LogP contribution in [0.5, 0.6) is 0 Å². The van der Waals surface area contributed by atoms with Crippen LogP contribution in [-0.2, 0) is 17.9 Å². The van der Waals surface area contributed by atoms with Gasteiger partial charge in [0.25, 0.3) is 5.91 Å². The van der Waals surface area contributed by atoms with Crippen molar-refractivity contribution in [3.05, 3.63) is 54.1 Å². The minimum atomic E-state index is -1.09. The number of aliphatic hydroxyl groups is 1. The monoisotopic (exact) mass is 257 g/mol. The third-order valence-corrected chi connectivity index (χ3v) is 3.42. The second kappa shape index (κ2) is 4.85. The first kappa shape index (κ1) is 11.9. The number of imidazole rings is 1. The van der Waals surface area contributed by atoms with Gasteiger partial charge in [0.15, 0.2) is 6.10 Å². The zero-order chi connectivity index (χ0) is 13.2. The lowest BCUT2D eigenvalue weighted by atomic mass is 10.1. The van der Waals surface area contributed by atoms with E-state index in [9.17, 15) is 9.90 Å². The zero-order valence-electron chi connectivity index (χ0n) is 10.4. The van der Waals surface area contributed by atoms with Gasteiger partial charge in [-0.25, -0.2) is 4.98 Å². The molecule has 0 saturated carbocycles. The van der Waals surface area contributed by atoms with E-state index in [0.717, 1.165) is 12.2 Å². The normalized spacial score (nSPS) is 15.9. The van der Waals surface area contributed by atoms with Crippen LogP contribution in [-0.4, -0.2) is 32.0 Å². The van der Waals surface area contributed by atoms with Crippen LogP contribution >= 0.6 is 0 Å². The number of aromatic nitrogens is 2. The molecule has 98 valence electrons. The third kappa shape index (κ3) is 2.24. The van der Waals surface area contributed by atoms with Crippen LogP contribution in [0, 0.1) is 0 Å². The predicted octanol–water partition coefficient (Wildman–Crippen LogP) is 0.959. The van der Waals surface area contributed by atoms with Crippen LogP contribution in [0.2, 0.25) is 0 Å². The number of amides is 1. The number of hydrogen-bond acceptors (Lipinski definition) is 3. The van der Waals surface area contributed by atoms with Gasteiger partial charge >= 0.3 is 0 Å². The first-order chi connectivity index (χ1) is 9.25. The highest BCUT2D eigenvalue weighted by atomic mass is 16.3. The summed E-state index contributed by atoms with van der Waals surface area (Å²) in [6, 6.07) is 9.02. The molecule has 5 nitrogen and oxygen atoms in total. The van der Waals surface area contributed by atoms with Crippen molar-refractivity contribution in [1.82, 2.24) is 14.5 Å². The molecule has 2 aromatic rings. The maximum absolute atomic E-state index is 12.3. The quantitative estimate of drug-likeness (QED) is 0.871. The molecular formula is C14H15N3O2. The predicted molar refractivity (Wildman–Crippen MR) is 69.0 cm³/mol. The Morgan fingerprint density at radius 2 is 2.05 bits per heavy atom. The van der Waals surface area contributed by atoms with E-state index >= 15 is 0 Å². The zero-order valence-corrected chi connectivity index (χ0v) is 10.4. The Kier molecular flexibility index (Phi) is 3.05. The van der Waals surface area contributed by atoms with Gasteiger partial charge < -0.3 is 14.6 Å². The van der Waals surface area contributed by atoms with Gasteiger partial charge in [-0.2, -0.15) is 0 Å². The maximum Gasteiger partial charge on any atom is 0.256 e. The van der Waals surface area contributed by atoms with Crippen LogP contribution in [0.3, 0.4) is 0 Å². The summed E-state index contributed by atoms with van der Waals surface area (Å²) in [5.41, 5.74) is 1.63. The fraction of sp³-hybridized carbons (Fsp3) is 0.286. The van der Waals surface area contributed by atoms with Gasteiger partial charge in [0.2, 0.25) is 0 Å². The van der Waals surface area contributed by atoms with Gasteiger partial charge in [0, 0.05) is 19.3 Å². The maximum atomic E-state index is 12.3. The van der Waals surface area contributed by atoms with E-state index in [-0.39, 0.29) is 5.91 Å². The Bertz CT molecular complexity index is 579. The first-order valence-electron chi connectivity index (χ1n) is 6.26. The van der Waals surface area contributed by atoms with Crippen molar-refractivity contribution in [1.29, 1.82) is 0 Å². The number of benzene rings is 1. The van der Waals surface area contributed by atoms with Crippen LogP contribution < -0.4 is 0 Å². The summed E-state index contributed by atoms with van der Waals surface area (Å²) in [7, 11) is 0. The Morgan fingerprint density at radius 3 is 2.84 bits per heavy atom. The molecule has 0 saturated heterocycles. The second-order valence-corrected chi connectivity index (χ2v) is 4.65. The average Bonchev–Trinajstić information content (AvgIpc) is 2.94. The van der Waals surface area contributed by atoms with E-state index in [1.165, 1.54) is 0 Å². The summed E-state index contributed by atoms with van der Waals surface area (Å²) in [4.78, 5) is 18.0. The van der Waals surface area contributed by atoms with E-state index in [0.29, 0.717) is 18.7 Å². The number of carbonyl (C=O) groups excluding carboxylic acids is 1. The molecule has 5 heteroatoms. The minimum Gasteiger partial charge on any atom is -0.378 e. The Morgan fingerprint density at radius 1 is 1.26 bits per heavy atom. The number of rotatable bonds is 2. The SMILES string of the molecule is O=C([C@@H](O)c1ccccc1)N1CCn2cncc2C1. The molecule has 3 rings (SSSR count). The molecule has 0 fully saturated rings. The van der Waals surface area contributed by atoms with Crippen molar-refractivity contribution >= 4 is 5.91 Å². The van der Waals surface area contributed by atoms with Gasteiger partial charge in [0.05, 0.1) is 18.6 Å². The molecular weight excluding hydrogens is 242 g/mol. The van der Waals surface area contributed by atoms with E-state index in [1.807, 2.05) is 22.8 Å². The second-order valence-electron chi connectivity index (χ2n) is 4.65. The molecule has 1 N–H and O–H groups in total. The Labute approximate surface area is 111 Å². The summed E-state index contributed by atoms with van der Waals surface area (Å²) < 4.78 is 2.03. The molecule has 0 spiro atoms. The molecule has 1 atom stereocenters. The van der Waals surface area contributed by atoms with Crippen LogP contribution in [0.15, 0.2) is 42.9 Å². The van der Waals surface area contributed by atoms with E-state index in [4.69, 9.17) is 0 Å². The molecule has 1 aromatic heterocycles. The number of hydrogen-bond donors (Lipinski definition) is 1. The molecule has 1 aliphatic heterocycles. The highest BCUT2D eigenvalue weighted by molar-refractivity contribution is 5.82. The van der Waals surface area contributed by atoms with E-state index in [1.54, 1.807) is 29.6 Å². The van der Waals surface area contributed by atoms with E-state index < -0.39 is 6.10 Å². The van der Waals surface area contributed by atoms with Gasteiger partial charge in [0.1, 0.15) is 0 Å². The number of nitrogens with zero attached hydrogens (tertiary/aromatic N) is 3. The summed E-state index contributed by atoms with van der Waals surface area (Å²) in [5.74, 6) is -0.251. The fourth-order valence-corrected chi connectivity index (χ4v) is 2.32. The highest BCUT2D eigenvalue weighted by Crippen LogP contribution is 2.19. The molecule has 0 bridgehead atoms. The lowest BCUT2D eigenvalue weighted by molar-refractivity contribution is -0.142.